The molecule has 0 spiro atoms. The number of halogens is 1. The van der Waals surface area contributed by atoms with Crippen molar-refractivity contribution >= 4 is 0 Å². The summed E-state index contributed by atoms with van der Waals surface area (Å²) in [4.78, 5) is 0. The monoisotopic (exact) mass is 293 g/mol. The highest BCUT2D eigenvalue weighted by Crippen LogP contribution is 2.25. The van der Waals surface area contributed by atoms with Crippen LogP contribution in [0.15, 0.2) is 22.6 Å². The molecular weight excluding hydrogens is 273 g/mol. The summed E-state index contributed by atoms with van der Waals surface area (Å²) in [6.45, 7) is 4.04. The average molecular weight is 293 g/mol. The number of benzene rings is 1. The van der Waals surface area contributed by atoms with Crippen molar-refractivity contribution in [3.05, 3.63) is 29.9 Å². The number of hydrogen-bond acceptors (Lipinski definition) is 5. The quantitative estimate of drug-likeness (QED) is 0.758. The van der Waals surface area contributed by atoms with Crippen molar-refractivity contribution in [2.24, 2.45) is 0 Å². The van der Waals surface area contributed by atoms with E-state index in [4.69, 9.17) is 9.15 Å². The summed E-state index contributed by atoms with van der Waals surface area (Å²) in [5.74, 6) is 0.748. The molecule has 1 aromatic carbocycles. The van der Waals surface area contributed by atoms with E-state index in [-0.39, 0.29) is 5.89 Å². The second-order valence-electron chi connectivity index (χ2n) is 4.70. The zero-order valence-corrected chi connectivity index (χ0v) is 12.4. The second-order valence-corrected chi connectivity index (χ2v) is 4.70. The molecule has 0 saturated heterocycles. The van der Waals surface area contributed by atoms with Crippen LogP contribution in [0.2, 0.25) is 0 Å². The standard InChI is InChI=1S/C15H20FN3O2/c1-3-8-17-9-4-5-14-18-19-15(21-14)12-7-6-11(20-2)10-13(12)16/h6-7,10,17H,3-5,8-9H2,1-2H3. The van der Waals surface area contributed by atoms with Gasteiger partial charge in [-0.25, -0.2) is 4.39 Å². The fourth-order valence-electron chi connectivity index (χ4n) is 1.93. The highest BCUT2D eigenvalue weighted by atomic mass is 19.1. The van der Waals surface area contributed by atoms with E-state index in [0.29, 0.717) is 23.6 Å². The highest BCUT2D eigenvalue weighted by Gasteiger charge is 2.13. The maximum absolute atomic E-state index is 13.9. The molecular formula is C15H20FN3O2. The number of rotatable bonds is 8. The van der Waals surface area contributed by atoms with Crippen molar-refractivity contribution in [2.45, 2.75) is 26.2 Å². The summed E-state index contributed by atoms with van der Waals surface area (Å²) in [5.41, 5.74) is 0.290. The fraction of sp³-hybridized carbons (Fsp3) is 0.467. The minimum atomic E-state index is -0.436. The largest absolute Gasteiger partial charge is 0.497 e. The van der Waals surface area contributed by atoms with Gasteiger partial charge in [-0.3, -0.25) is 0 Å². The number of aryl methyl sites for hydroxylation is 1. The van der Waals surface area contributed by atoms with Gasteiger partial charge in [-0.15, -0.1) is 10.2 Å². The minimum absolute atomic E-state index is 0.201. The Morgan fingerprint density at radius 2 is 2.14 bits per heavy atom. The van der Waals surface area contributed by atoms with Crippen LogP contribution in [0, 0.1) is 5.82 Å². The molecule has 0 radical (unpaired) electrons. The van der Waals surface area contributed by atoms with Crippen LogP contribution in [0.4, 0.5) is 4.39 Å². The number of nitrogens with one attached hydrogen (secondary N) is 1. The summed E-state index contributed by atoms with van der Waals surface area (Å²) in [6.07, 6.45) is 2.70. The first-order chi connectivity index (χ1) is 10.2. The lowest BCUT2D eigenvalue weighted by Gasteiger charge is -2.02. The molecule has 2 rings (SSSR count). The van der Waals surface area contributed by atoms with Gasteiger partial charge in [0, 0.05) is 12.5 Å². The normalized spacial score (nSPS) is 10.8. The van der Waals surface area contributed by atoms with Crippen molar-refractivity contribution in [3.8, 4) is 17.2 Å². The molecule has 0 aliphatic heterocycles. The molecule has 0 atom stereocenters. The Labute approximate surface area is 123 Å². The first kappa shape index (κ1) is 15.4. The van der Waals surface area contributed by atoms with Crippen molar-refractivity contribution in [3.63, 3.8) is 0 Å². The van der Waals surface area contributed by atoms with Crippen LogP contribution in [-0.2, 0) is 6.42 Å². The van der Waals surface area contributed by atoms with Gasteiger partial charge < -0.3 is 14.5 Å². The molecule has 0 aliphatic carbocycles. The van der Waals surface area contributed by atoms with Crippen LogP contribution in [0.3, 0.4) is 0 Å². The molecule has 1 heterocycles. The van der Waals surface area contributed by atoms with Crippen LogP contribution >= 0.6 is 0 Å². The van der Waals surface area contributed by atoms with Crippen molar-refractivity contribution in [1.29, 1.82) is 0 Å². The third kappa shape index (κ3) is 4.26. The van der Waals surface area contributed by atoms with Gasteiger partial charge in [-0.2, -0.15) is 0 Å². The summed E-state index contributed by atoms with van der Waals surface area (Å²) in [6, 6.07) is 4.54. The van der Waals surface area contributed by atoms with Crippen molar-refractivity contribution in [1.82, 2.24) is 15.5 Å². The van der Waals surface area contributed by atoms with Gasteiger partial charge in [0.25, 0.3) is 5.89 Å². The first-order valence-corrected chi connectivity index (χ1v) is 7.11. The predicted octanol–water partition coefficient (Wildman–Crippen LogP) is 2.82. The molecule has 21 heavy (non-hydrogen) atoms. The highest BCUT2D eigenvalue weighted by molar-refractivity contribution is 5.55. The summed E-state index contributed by atoms with van der Waals surface area (Å²) in [7, 11) is 1.49. The number of hydrogen-bond donors (Lipinski definition) is 1. The molecule has 0 saturated carbocycles. The Hall–Kier alpha value is -1.95. The van der Waals surface area contributed by atoms with E-state index in [1.807, 2.05) is 0 Å². The Morgan fingerprint density at radius 3 is 2.86 bits per heavy atom. The fourth-order valence-corrected chi connectivity index (χ4v) is 1.93. The zero-order valence-electron chi connectivity index (χ0n) is 12.4. The Morgan fingerprint density at radius 1 is 1.29 bits per heavy atom. The maximum atomic E-state index is 13.9. The predicted molar refractivity (Wildman–Crippen MR) is 77.7 cm³/mol. The Bertz CT molecular complexity index is 572. The van der Waals surface area contributed by atoms with E-state index in [2.05, 4.69) is 22.4 Å². The van der Waals surface area contributed by atoms with Gasteiger partial charge in [0.1, 0.15) is 11.6 Å². The van der Waals surface area contributed by atoms with Gasteiger partial charge in [-0.1, -0.05) is 6.92 Å². The van der Waals surface area contributed by atoms with Crippen LogP contribution in [-0.4, -0.2) is 30.4 Å². The van der Waals surface area contributed by atoms with E-state index >= 15 is 0 Å². The summed E-state index contributed by atoms with van der Waals surface area (Å²) >= 11 is 0. The van der Waals surface area contributed by atoms with Gasteiger partial charge in [0.15, 0.2) is 0 Å². The van der Waals surface area contributed by atoms with Crippen molar-refractivity contribution < 1.29 is 13.5 Å². The average Bonchev–Trinajstić information content (AvgIpc) is 2.95. The molecule has 2 aromatic rings. The number of methoxy groups -OCH3 is 1. The maximum Gasteiger partial charge on any atom is 0.250 e. The smallest absolute Gasteiger partial charge is 0.250 e. The van der Waals surface area contributed by atoms with E-state index in [9.17, 15) is 4.39 Å². The van der Waals surface area contributed by atoms with Gasteiger partial charge in [0.05, 0.1) is 12.7 Å². The molecule has 6 heteroatoms. The molecule has 0 unspecified atom stereocenters. The van der Waals surface area contributed by atoms with E-state index in [1.54, 1.807) is 12.1 Å². The Kier molecular flexibility index (Phi) is 5.68. The van der Waals surface area contributed by atoms with Crippen molar-refractivity contribution in [2.75, 3.05) is 20.2 Å². The summed E-state index contributed by atoms with van der Waals surface area (Å²) in [5, 5.41) is 11.2. The van der Waals surface area contributed by atoms with Crippen LogP contribution in [0.5, 0.6) is 5.75 Å². The van der Waals surface area contributed by atoms with Gasteiger partial charge >= 0.3 is 0 Å². The first-order valence-electron chi connectivity index (χ1n) is 7.11. The van der Waals surface area contributed by atoms with Crippen LogP contribution in [0.25, 0.3) is 11.5 Å². The number of ether oxygens (including phenoxy) is 1. The molecule has 0 fully saturated rings. The molecule has 114 valence electrons. The zero-order chi connectivity index (χ0) is 15.1. The minimum Gasteiger partial charge on any atom is -0.497 e. The third-order valence-corrected chi connectivity index (χ3v) is 3.04. The number of aromatic nitrogens is 2. The molecule has 0 bridgehead atoms. The van der Waals surface area contributed by atoms with Crippen LogP contribution < -0.4 is 10.1 Å². The second kappa shape index (κ2) is 7.73. The van der Waals surface area contributed by atoms with E-state index in [0.717, 1.165) is 25.9 Å². The van der Waals surface area contributed by atoms with Crippen LogP contribution in [0.1, 0.15) is 25.7 Å². The van der Waals surface area contributed by atoms with Gasteiger partial charge in [0.2, 0.25) is 5.89 Å². The van der Waals surface area contributed by atoms with E-state index in [1.165, 1.54) is 13.2 Å². The lowest BCUT2D eigenvalue weighted by Crippen LogP contribution is -2.16. The van der Waals surface area contributed by atoms with E-state index < -0.39 is 5.82 Å². The lowest BCUT2D eigenvalue weighted by atomic mass is 10.2. The lowest BCUT2D eigenvalue weighted by molar-refractivity contribution is 0.411. The molecule has 1 aromatic heterocycles. The molecule has 0 aliphatic rings. The number of nitrogens with zero attached hydrogens (tertiary/aromatic N) is 2. The molecule has 1 N–H and O–H groups in total. The molecule has 0 amide bonds. The van der Waals surface area contributed by atoms with Gasteiger partial charge in [-0.05, 0) is 38.1 Å². The Balaban J connectivity index is 1.96. The summed E-state index contributed by atoms with van der Waals surface area (Å²) < 4.78 is 24.4. The molecule has 5 nitrogen and oxygen atoms in total. The topological polar surface area (TPSA) is 60.2 Å². The SMILES string of the molecule is CCCNCCCc1nnc(-c2ccc(OC)cc2F)o1. The third-order valence-electron chi connectivity index (χ3n) is 3.04.